The fourth-order valence-electron chi connectivity index (χ4n) is 1.02. The molecule has 92 valence electrons. The number of rotatable bonds is 4. The van der Waals surface area contributed by atoms with Crippen molar-refractivity contribution < 1.29 is 18.0 Å². The Bertz CT molecular complexity index is 429. The number of benzene rings is 1. The van der Waals surface area contributed by atoms with E-state index in [-0.39, 0.29) is 6.54 Å². The van der Waals surface area contributed by atoms with Crippen LogP contribution >= 0.6 is 11.6 Å². The zero-order valence-corrected chi connectivity index (χ0v) is 9.27. The van der Waals surface area contributed by atoms with E-state index in [2.05, 4.69) is 10.3 Å². The predicted molar refractivity (Wildman–Crippen MR) is 55.0 cm³/mol. The highest BCUT2D eigenvalue weighted by Crippen LogP contribution is 2.18. The van der Waals surface area contributed by atoms with Crippen LogP contribution in [0.4, 0.5) is 13.2 Å². The molecule has 3 nitrogen and oxygen atoms in total. The lowest BCUT2D eigenvalue weighted by atomic mass is 10.1. The van der Waals surface area contributed by atoms with E-state index in [1.165, 1.54) is 12.1 Å². The normalized spacial score (nSPS) is 11.2. The van der Waals surface area contributed by atoms with E-state index in [4.69, 9.17) is 16.9 Å². The number of hydrogen-bond donors (Lipinski definition) is 1. The molecule has 0 heterocycles. The Labute approximate surface area is 101 Å². The van der Waals surface area contributed by atoms with Gasteiger partial charge in [-0.1, -0.05) is 17.7 Å². The van der Waals surface area contributed by atoms with E-state index in [0.717, 1.165) is 0 Å². The minimum atomic E-state index is -4.37. The highest BCUT2D eigenvalue weighted by atomic mass is 35.5. The zero-order valence-electron chi connectivity index (χ0n) is 8.51. The van der Waals surface area contributed by atoms with Crippen LogP contribution in [0, 0.1) is 11.3 Å². The van der Waals surface area contributed by atoms with Gasteiger partial charge in [-0.15, -0.1) is 0 Å². The molecule has 0 radical (unpaired) electrons. The van der Waals surface area contributed by atoms with Gasteiger partial charge in [-0.2, -0.15) is 23.9 Å². The number of nitriles is 1. The molecule has 1 rings (SSSR count). The first kappa shape index (κ1) is 13.8. The van der Waals surface area contributed by atoms with Crippen LogP contribution in [0.25, 0.3) is 0 Å². The summed E-state index contributed by atoms with van der Waals surface area (Å²) in [6, 6.07) is 6.40. The van der Waals surface area contributed by atoms with Gasteiger partial charge < -0.3 is 0 Å². The Kier molecular flexibility index (Phi) is 4.75. The fraction of sp³-hybridized carbons (Fsp3) is 0.300. The molecular formula is C10H8ClF3N2O. The van der Waals surface area contributed by atoms with Crippen LogP contribution in [-0.4, -0.2) is 12.8 Å². The zero-order chi connectivity index (χ0) is 12.9. The molecule has 0 saturated heterocycles. The van der Waals surface area contributed by atoms with Gasteiger partial charge in [-0.05, 0) is 17.7 Å². The maximum atomic E-state index is 11.7. The lowest BCUT2D eigenvalue weighted by Gasteiger charge is -2.09. The lowest BCUT2D eigenvalue weighted by molar-refractivity contribution is -0.190. The molecule has 1 aromatic carbocycles. The van der Waals surface area contributed by atoms with Crippen LogP contribution in [-0.2, 0) is 11.4 Å². The Morgan fingerprint density at radius 2 is 2.12 bits per heavy atom. The standard InChI is InChI=1S/C10H8ClF3N2O/c11-9-3-7(4-15)1-2-8(9)5-16-17-6-10(12,13)14/h1-3,16H,5-6H2. The van der Waals surface area contributed by atoms with Gasteiger partial charge in [0.25, 0.3) is 0 Å². The van der Waals surface area contributed by atoms with Crippen LogP contribution in [0.15, 0.2) is 18.2 Å². The number of alkyl halides is 3. The number of hydrogen-bond acceptors (Lipinski definition) is 3. The second-order valence-corrected chi connectivity index (χ2v) is 3.55. The molecule has 17 heavy (non-hydrogen) atoms. The highest BCUT2D eigenvalue weighted by molar-refractivity contribution is 6.31. The molecule has 0 aliphatic carbocycles. The summed E-state index contributed by atoms with van der Waals surface area (Å²) in [5, 5.41) is 8.88. The van der Waals surface area contributed by atoms with Crippen LogP contribution in [0.1, 0.15) is 11.1 Å². The largest absolute Gasteiger partial charge is 0.413 e. The van der Waals surface area contributed by atoms with Gasteiger partial charge >= 0.3 is 6.18 Å². The number of hydroxylamine groups is 1. The quantitative estimate of drug-likeness (QED) is 0.672. The fourth-order valence-corrected chi connectivity index (χ4v) is 1.27. The SMILES string of the molecule is N#Cc1ccc(CNOCC(F)(F)F)c(Cl)c1. The molecular weight excluding hydrogens is 257 g/mol. The second kappa shape index (κ2) is 5.87. The van der Waals surface area contributed by atoms with Crippen LogP contribution in [0.2, 0.25) is 5.02 Å². The van der Waals surface area contributed by atoms with E-state index in [1.54, 1.807) is 6.07 Å². The van der Waals surface area contributed by atoms with E-state index in [1.807, 2.05) is 6.07 Å². The van der Waals surface area contributed by atoms with Gasteiger partial charge in [-0.3, -0.25) is 4.84 Å². The predicted octanol–water partition coefficient (Wildman–Crippen LogP) is 2.80. The van der Waals surface area contributed by atoms with Crippen molar-refractivity contribution in [2.75, 3.05) is 6.61 Å². The average Bonchev–Trinajstić information content (AvgIpc) is 2.24. The van der Waals surface area contributed by atoms with Crippen molar-refractivity contribution in [3.63, 3.8) is 0 Å². The van der Waals surface area contributed by atoms with Gasteiger partial charge in [-0.25, -0.2) is 0 Å². The van der Waals surface area contributed by atoms with Crippen LogP contribution in [0.3, 0.4) is 0 Å². The number of halogens is 4. The second-order valence-electron chi connectivity index (χ2n) is 3.14. The summed E-state index contributed by atoms with van der Waals surface area (Å²) in [5.41, 5.74) is 3.08. The maximum absolute atomic E-state index is 11.7. The molecule has 7 heteroatoms. The van der Waals surface area contributed by atoms with Gasteiger partial charge in [0.15, 0.2) is 6.61 Å². The summed E-state index contributed by atoms with van der Waals surface area (Å²) in [7, 11) is 0. The first-order valence-electron chi connectivity index (χ1n) is 4.52. The minimum Gasteiger partial charge on any atom is -0.292 e. The maximum Gasteiger partial charge on any atom is 0.413 e. The van der Waals surface area contributed by atoms with E-state index in [0.29, 0.717) is 16.1 Å². The summed E-state index contributed by atoms with van der Waals surface area (Å²) in [6.45, 7) is -1.35. The molecule has 0 aromatic heterocycles. The summed E-state index contributed by atoms with van der Waals surface area (Å²) >= 11 is 5.81. The van der Waals surface area contributed by atoms with Gasteiger partial charge in [0.1, 0.15) is 0 Å². The number of nitrogens with one attached hydrogen (secondary N) is 1. The van der Waals surface area contributed by atoms with Crippen molar-refractivity contribution in [1.29, 1.82) is 5.26 Å². The highest BCUT2D eigenvalue weighted by Gasteiger charge is 2.27. The third-order valence-electron chi connectivity index (χ3n) is 1.78. The van der Waals surface area contributed by atoms with Gasteiger partial charge in [0.05, 0.1) is 11.6 Å². The molecule has 0 bridgehead atoms. The van der Waals surface area contributed by atoms with Crippen molar-refractivity contribution >= 4 is 11.6 Å². The van der Waals surface area contributed by atoms with Crippen LogP contribution in [0.5, 0.6) is 0 Å². The van der Waals surface area contributed by atoms with Crippen LogP contribution < -0.4 is 5.48 Å². The van der Waals surface area contributed by atoms with Crippen molar-refractivity contribution in [3.8, 4) is 6.07 Å². The lowest BCUT2D eigenvalue weighted by Crippen LogP contribution is -2.24. The van der Waals surface area contributed by atoms with Crippen molar-refractivity contribution in [2.45, 2.75) is 12.7 Å². The third-order valence-corrected chi connectivity index (χ3v) is 2.13. The van der Waals surface area contributed by atoms with Crippen molar-refractivity contribution in [1.82, 2.24) is 5.48 Å². The van der Waals surface area contributed by atoms with Crippen molar-refractivity contribution in [2.24, 2.45) is 0 Å². The topological polar surface area (TPSA) is 45.0 Å². The first-order chi connectivity index (χ1) is 7.92. The Morgan fingerprint density at radius 1 is 1.41 bits per heavy atom. The van der Waals surface area contributed by atoms with Gasteiger partial charge in [0, 0.05) is 11.6 Å². The molecule has 0 unspecified atom stereocenters. The van der Waals surface area contributed by atoms with Crippen molar-refractivity contribution in [3.05, 3.63) is 34.3 Å². The molecule has 1 N–H and O–H groups in total. The Hall–Kier alpha value is -1.29. The number of nitrogens with zero attached hydrogens (tertiary/aromatic N) is 1. The smallest absolute Gasteiger partial charge is 0.292 e. The monoisotopic (exact) mass is 264 g/mol. The molecule has 1 aromatic rings. The third kappa shape index (κ3) is 5.04. The Morgan fingerprint density at radius 3 is 2.65 bits per heavy atom. The molecule has 0 spiro atoms. The minimum absolute atomic E-state index is 0.0284. The molecule has 0 aliphatic rings. The molecule has 0 fully saturated rings. The van der Waals surface area contributed by atoms with E-state index in [9.17, 15) is 13.2 Å². The summed E-state index contributed by atoms with van der Waals surface area (Å²) in [4.78, 5) is 4.21. The average molecular weight is 265 g/mol. The summed E-state index contributed by atoms with van der Waals surface area (Å²) < 4.78 is 35.2. The van der Waals surface area contributed by atoms with E-state index >= 15 is 0 Å². The molecule has 0 saturated carbocycles. The van der Waals surface area contributed by atoms with Gasteiger partial charge in [0.2, 0.25) is 0 Å². The Balaban J connectivity index is 2.45. The summed E-state index contributed by atoms with van der Waals surface area (Å²) in [5.74, 6) is 0. The van der Waals surface area contributed by atoms with E-state index < -0.39 is 12.8 Å². The molecule has 0 aliphatic heterocycles. The first-order valence-corrected chi connectivity index (χ1v) is 4.90. The molecule has 0 atom stereocenters. The molecule has 0 amide bonds. The summed E-state index contributed by atoms with van der Waals surface area (Å²) in [6.07, 6.45) is -4.37.